The van der Waals surface area contributed by atoms with Crippen molar-refractivity contribution in [2.24, 2.45) is 5.92 Å². The van der Waals surface area contributed by atoms with Crippen LogP contribution in [-0.4, -0.2) is 66.6 Å². The van der Waals surface area contributed by atoms with Gasteiger partial charge in [0.15, 0.2) is 5.69 Å². The van der Waals surface area contributed by atoms with E-state index in [2.05, 4.69) is 20.1 Å². The number of amides is 1. The number of nitrogens with one attached hydrogen (secondary N) is 1. The third-order valence-corrected chi connectivity index (χ3v) is 4.95. The van der Waals surface area contributed by atoms with Crippen molar-refractivity contribution in [1.82, 2.24) is 20.1 Å². The molecule has 0 aliphatic carbocycles. The maximum Gasteiger partial charge on any atom is 0.273 e. The SMILES string of the molecule is CC(C)CNC(=O)c1coc(CN(CCN2CCOCC2)Cc2cccc(F)c2)n1. The highest BCUT2D eigenvalue weighted by Crippen LogP contribution is 2.12. The molecule has 1 N–H and O–H groups in total. The molecular formula is C22H31FN4O3. The lowest BCUT2D eigenvalue weighted by Crippen LogP contribution is -2.41. The maximum absolute atomic E-state index is 13.6. The van der Waals surface area contributed by atoms with Crippen LogP contribution in [-0.2, 0) is 17.8 Å². The van der Waals surface area contributed by atoms with E-state index in [0.29, 0.717) is 31.4 Å². The molecule has 7 nitrogen and oxygen atoms in total. The topological polar surface area (TPSA) is 70.8 Å². The summed E-state index contributed by atoms with van der Waals surface area (Å²) in [4.78, 5) is 21.1. The largest absolute Gasteiger partial charge is 0.447 e. The Morgan fingerprint density at radius 3 is 2.83 bits per heavy atom. The molecule has 1 aromatic heterocycles. The lowest BCUT2D eigenvalue weighted by atomic mass is 10.2. The number of hydrogen-bond acceptors (Lipinski definition) is 6. The minimum Gasteiger partial charge on any atom is -0.447 e. The van der Waals surface area contributed by atoms with Crippen LogP contribution in [0.3, 0.4) is 0 Å². The summed E-state index contributed by atoms with van der Waals surface area (Å²) in [7, 11) is 0. The van der Waals surface area contributed by atoms with Gasteiger partial charge < -0.3 is 14.5 Å². The molecule has 1 saturated heterocycles. The second kappa shape index (κ2) is 11.2. The molecule has 0 atom stereocenters. The van der Waals surface area contributed by atoms with E-state index in [0.717, 1.165) is 45.0 Å². The molecule has 0 bridgehead atoms. The van der Waals surface area contributed by atoms with Crippen molar-refractivity contribution in [1.29, 1.82) is 0 Å². The molecule has 1 aliphatic heterocycles. The number of hydrogen-bond donors (Lipinski definition) is 1. The number of nitrogens with zero attached hydrogens (tertiary/aromatic N) is 3. The smallest absolute Gasteiger partial charge is 0.273 e. The summed E-state index contributed by atoms with van der Waals surface area (Å²) in [6, 6.07) is 6.61. The molecule has 8 heteroatoms. The summed E-state index contributed by atoms with van der Waals surface area (Å²) < 4.78 is 24.6. The van der Waals surface area contributed by atoms with Crippen molar-refractivity contribution in [3.05, 3.63) is 53.5 Å². The molecule has 2 heterocycles. The molecule has 3 rings (SSSR count). The van der Waals surface area contributed by atoms with Crippen molar-refractivity contribution < 1.29 is 18.3 Å². The third-order valence-electron chi connectivity index (χ3n) is 4.95. The summed E-state index contributed by atoms with van der Waals surface area (Å²) in [5.41, 5.74) is 1.17. The van der Waals surface area contributed by atoms with Crippen LogP contribution in [0.4, 0.5) is 4.39 Å². The predicted octanol–water partition coefficient (Wildman–Crippen LogP) is 2.53. The zero-order chi connectivity index (χ0) is 21.3. The molecule has 1 amide bonds. The van der Waals surface area contributed by atoms with Crippen LogP contribution in [0.25, 0.3) is 0 Å². The van der Waals surface area contributed by atoms with Gasteiger partial charge >= 0.3 is 0 Å². The molecule has 0 radical (unpaired) electrons. The first-order chi connectivity index (χ1) is 14.5. The predicted molar refractivity (Wildman–Crippen MR) is 111 cm³/mol. The molecule has 1 aliphatic rings. The van der Waals surface area contributed by atoms with E-state index in [1.165, 1.54) is 12.3 Å². The van der Waals surface area contributed by atoms with E-state index >= 15 is 0 Å². The molecule has 30 heavy (non-hydrogen) atoms. The van der Waals surface area contributed by atoms with Gasteiger partial charge in [0.05, 0.1) is 19.8 Å². The highest BCUT2D eigenvalue weighted by molar-refractivity contribution is 5.91. The van der Waals surface area contributed by atoms with E-state index < -0.39 is 0 Å². The van der Waals surface area contributed by atoms with E-state index in [4.69, 9.17) is 9.15 Å². The highest BCUT2D eigenvalue weighted by Gasteiger charge is 2.17. The molecular weight excluding hydrogens is 387 g/mol. The number of oxazole rings is 1. The normalized spacial score (nSPS) is 15.1. The Morgan fingerprint density at radius 1 is 1.30 bits per heavy atom. The number of carbonyl (C=O) groups excluding carboxylic acids is 1. The Balaban J connectivity index is 1.63. The van der Waals surface area contributed by atoms with Crippen molar-refractivity contribution in [2.75, 3.05) is 45.9 Å². The van der Waals surface area contributed by atoms with Crippen LogP contribution in [0.5, 0.6) is 0 Å². The zero-order valence-corrected chi connectivity index (χ0v) is 17.8. The first kappa shape index (κ1) is 22.4. The van der Waals surface area contributed by atoms with E-state index in [1.807, 2.05) is 19.9 Å². The average Bonchev–Trinajstić information content (AvgIpc) is 3.19. The van der Waals surface area contributed by atoms with Gasteiger partial charge in [-0.25, -0.2) is 9.37 Å². The Labute approximate surface area is 177 Å². The van der Waals surface area contributed by atoms with Crippen LogP contribution in [0.2, 0.25) is 0 Å². The molecule has 0 spiro atoms. The molecule has 1 fully saturated rings. The molecule has 2 aromatic rings. The molecule has 0 saturated carbocycles. The van der Waals surface area contributed by atoms with Crippen LogP contribution in [0.15, 0.2) is 34.9 Å². The second-order valence-electron chi connectivity index (χ2n) is 8.02. The summed E-state index contributed by atoms with van der Waals surface area (Å²) in [6.07, 6.45) is 1.40. The van der Waals surface area contributed by atoms with Crippen molar-refractivity contribution in [3.8, 4) is 0 Å². The number of ether oxygens (including phenoxy) is 1. The maximum atomic E-state index is 13.6. The van der Waals surface area contributed by atoms with Gasteiger partial charge in [-0.1, -0.05) is 26.0 Å². The quantitative estimate of drug-likeness (QED) is 0.639. The fourth-order valence-electron chi connectivity index (χ4n) is 3.28. The van der Waals surface area contributed by atoms with Gasteiger partial charge in [-0.15, -0.1) is 0 Å². The monoisotopic (exact) mass is 418 g/mol. The van der Waals surface area contributed by atoms with E-state index in [9.17, 15) is 9.18 Å². The van der Waals surface area contributed by atoms with Gasteiger partial charge in [0.2, 0.25) is 5.89 Å². The number of carbonyl (C=O) groups is 1. The third kappa shape index (κ3) is 7.19. The van der Waals surface area contributed by atoms with Gasteiger partial charge in [-0.2, -0.15) is 0 Å². The van der Waals surface area contributed by atoms with Crippen molar-refractivity contribution in [3.63, 3.8) is 0 Å². The first-order valence-corrected chi connectivity index (χ1v) is 10.5. The first-order valence-electron chi connectivity index (χ1n) is 10.5. The van der Waals surface area contributed by atoms with Gasteiger partial charge in [-0.3, -0.25) is 14.6 Å². The average molecular weight is 419 g/mol. The minimum absolute atomic E-state index is 0.233. The molecule has 0 unspecified atom stereocenters. The molecule has 164 valence electrons. The van der Waals surface area contributed by atoms with Crippen LogP contribution < -0.4 is 5.32 Å². The van der Waals surface area contributed by atoms with Gasteiger partial charge in [0, 0.05) is 39.3 Å². The number of rotatable bonds is 10. The van der Waals surface area contributed by atoms with Crippen LogP contribution >= 0.6 is 0 Å². The minimum atomic E-state index is -0.249. The summed E-state index contributed by atoms with van der Waals surface area (Å²) in [5, 5.41) is 2.84. The van der Waals surface area contributed by atoms with Crippen molar-refractivity contribution in [2.45, 2.75) is 26.9 Å². The second-order valence-corrected chi connectivity index (χ2v) is 8.02. The van der Waals surface area contributed by atoms with Gasteiger partial charge in [-0.05, 0) is 23.6 Å². The lowest BCUT2D eigenvalue weighted by molar-refractivity contribution is 0.0320. The Morgan fingerprint density at radius 2 is 2.10 bits per heavy atom. The number of halogens is 1. The fraction of sp³-hybridized carbons (Fsp3) is 0.545. The van der Waals surface area contributed by atoms with E-state index in [-0.39, 0.29) is 17.4 Å². The van der Waals surface area contributed by atoms with Crippen LogP contribution in [0.1, 0.15) is 35.8 Å². The zero-order valence-electron chi connectivity index (χ0n) is 17.8. The Bertz CT molecular complexity index is 805. The summed E-state index contributed by atoms with van der Waals surface area (Å²) >= 11 is 0. The summed E-state index contributed by atoms with van der Waals surface area (Å²) in [6.45, 7) is 10.6. The van der Waals surface area contributed by atoms with Gasteiger partial charge in [0.25, 0.3) is 5.91 Å². The standard InChI is InChI=1S/C22H31FN4O3/c1-17(2)13-24-22(28)20-16-30-21(25-20)15-27(7-6-26-8-10-29-11-9-26)14-18-4-3-5-19(23)12-18/h3-5,12,16-17H,6-11,13-15H2,1-2H3,(H,24,28). The van der Waals surface area contributed by atoms with Crippen molar-refractivity contribution >= 4 is 5.91 Å². The highest BCUT2D eigenvalue weighted by atomic mass is 19.1. The van der Waals surface area contributed by atoms with Gasteiger partial charge in [0.1, 0.15) is 12.1 Å². The fourth-order valence-corrected chi connectivity index (χ4v) is 3.28. The van der Waals surface area contributed by atoms with Crippen LogP contribution in [0, 0.1) is 11.7 Å². The molecule has 1 aromatic carbocycles. The van der Waals surface area contributed by atoms with E-state index in [1.54, 1.807) is 12.1 Å². The lowest BCUT2D eigenvalue weighted by Gasteiger charge is -2.29. The summed E-state index contributed by atoms with van der Waals surface area (Å²) in [5.74, 6) is 0.356. The Kier molecular flexibility index (Phi) is 8.36. The number of morpholine rings is 1. The number of aromatic nitrogens is 1. The number of benzene rings is 1. The Hall–Kier alpha value is -2.29.